The number of halogens is 5. The van der Waals surface area contributed by atoms with E-state index in [-0.39, 0.29) is 5.56 Å². The number of carbonyl (C=O) groups is 1. The van der Waals surface area contributed by atoms with Gasteiger partial charge in [-0.2, -0.15) is 13.2 Å². The molecule has 0 aromatic heterocycles. The lowest BCUT2D eigenvalue weighted by atomic mass is 10.1. The standard InChI is InChI=1S/C11H9F5O2/c12-8-2-1-7(5-9(8)13)10(17)6-18-4-3-11(14,15)16/h1-2,5H,3-4,6H2. The van der Waals surface area contributed by atoms with Crippen LogP contribution < -0.4 is 0 Å². The van der Waals surface area contributed by atoms with E-state index in [2.05, 4.69) is 4.74 Å². The van der Waals surface area contributed by atoms with Crippen molar-refractivity contribution < 1.29 is 31.5 Å². The van der Waals surface area contributed by atoms with Crippen molar-refractivity contribution in [2.24, 2.45) is 0 Å². The highest BCUT2D eigenvalue weighted by atomic mass is 19.4. The molecule has 7 heteroatoms. The maximum Gasteiger partial charge on any atom is 0.391 e. The summed E-state index contributed by atoms with van der Waals surface area (Å²) in [5.41, 5.74) is -0.152. The Bertz CT molecular complexity index is 428. The van der Waals surface area contributed by atoms with Crippen LogP contribution in [0.4, 0.5) is 22.0 Å². The summed E-state index contributed by atoms with van der Waals surface area (Å²) >= 11 is 0. The maximum absolute atomic E-state index is 12.8. The molecule has 0 saturated carbocycles. The Balaban J connectivity index is 2.43. The third-order valence-electron chi connectivity index (χ3n) is 2.00. The van der Waals surface area contributed by atoms with Gasteiger partial charge in [-0.05, 0) is 18.2 Å². The zero-order valence-corrected chi connectivity index (χ0v) is 9.06. The van der Waals surface area contributed by atoms with Gasteiger partial charge >= 0.3 is 6.18 Å². The molecule has 1 aromatic rings. The lowest BCUT2D eigenvalue weighted by Crippen LogP contribution is -2.15. The molecule has 0 amide bonds. The molecule has 0 aliphatic heterocycles. The second kappa shape index (κ2) is 5.90. The molecular weight excluding hydrogens is 259 g/mol. The average molecular weight is 268 g/mol. The van der Waals surface area contributed by atoms with Crippen LogP contribution in [-0.4, -0.2) is 25.2 Å². The molecule has 0 atom stereocenters. The van der Waals surface area contributed by atoms with E-state index in [1.807, 2.05) is 0 Å². The molecule has 0 saturated heterocycles. The van der Waals surface area contributed by atoms with Crippen molar-refractivity contribution in [2.75, 3.05) is 13.2 Å². The summed E-state index contributed by atoms with van der Waals surface area (Å²) in [5.74, 6) is -3.02. The number of alkyl halides is 3. The Morgan fingerprint density at radius 2 is 1.83 bits per heavy atom. The minimum atomic E-state index is -4.36. The predicted molar refractivity (Wildman–Crippen MR) is 52.2 cm³/mol. The van der Waals surface area contributed by atoms with E-state index in [0.29, 0.717) is 6.07 Å². The van der Waals surface area contributed by atoms with E-state index < -0.39 is 43.2 Å². The van der Waals surface area contributed by atoms with E-state index >= 15 is 0 Å². The minimum absolute atomic E-state index is 0.152. The monoisotopic (exact) mass is 268 g/mol. The fourth-order valence-electron chi connectivity index (χ4n) is 1.11. The van der Waals surface area contributed by atoms with Crippen molar-refractivity contribution in [2.45, 2.75) is 12.6 Å². The first kappa shape index (κ1) is 14.6. The normalized spacial score (nSPS) is 11.6. The number of rotatable bonds is 5. The zero-order chi connectivity index (χ0) is 13.8. The molecule has 100 valence electrons. The Kier molecular flexibility index (Phi) is 4.77. The summed E-state index contributed by atoms with van der Waals surface area (Å²) < 4.78 is 65.1. The molecule has 0 N–H and O–H groups in total. The molecule has 18 heavy (non-hydrogen) atoms. The summed E-state index contributed by atoms with van der Waals surface area (Å²) in [6.07, 6.45) is -5.52. The number of hydrogen-bond donors (Lipinski definition) is 0. The SMILES string of the molecule is O=C(COCCC(F)(F)F)c1ccc(F)c(F)c1. The molecule has 0 radical (unpaired) electrons. The van der Waals surface area contributed by atoms with Crippen LogP contribution in [0.1, 0.15) is 16.8 Å². The van der Waals surface area contributed by atoms with Crippen LogP contribution in [-0.2, 0) is 4.74 Å². The Hall–Kier alpha value is -1.50. The van der Waals surface area contributed by atoms with Gasteiger partial charge in [0.05, 0.1) is 13.0 Å². The van der Waals surface area contributed by atoms with Gasteiger partial charge in [-0.1, -0.05) is 0 Å². The number of ketones is 1. The van der Waals surface area contributed by atoms with E-state index in [1.54, 1.807) is 0 Å². The van der Waals surface area contributed by atoms with Gasteiger partial charge in [0.2, 0.25) is 0 Å². The predicted octanol–water partition coefficient (Wildman–Crippen LogP) is 3.12. The van der Waals surface area contributed by atoms with Crippen molar-refractivity contribution in [3.8, 4) is 0 Å². The second-order valence-corrected chi connectivity index (χ2v) is 3.47. The number of hydrogen-bond acceptors (Lipinski definition) is 2. The summed E-state index contributed by atoms with van der Waals surface area (Å²) in [6, 6.07) is 2.47. The Morgan fingerprint density at radius 3 is 2.39 bits per heavy atom. The van der Waals surface area contributed by atoms with Crippen molar-refractivity contribution >= 4 is 5.78 Å². The van der Waals surface area contributed by atoms with Crippen molar-refractivity contribution in [1.29, 1.82) is 0 Å². The molecule has 2 nitrogen and oxygen atoms in total. The zero-order valence-electron chi connectivity index (χ0n) is 9.06. The van der Waals surface area contributed by atoms with Gasteiger partial charge in [0.25, 0.3) is 0 Å². The lowest BCUT2D eigenvalue weighted by molar-refractivity contribution is -0.144. The first-order valence-electron chi connectivity index (χ1n) is 4.92. The van der Waals surface area contributed by atoms with Crippen molar-refractivity contribution in [3.63, 3.8) is 0 Å². The molecule has 0 unspecified atom stereocenters. The molecule has 0 spiro atoms. The number of ether oxygens (including phenoxy) is 1. The maximum atomic E-state index is 12.8. The smallest absolute Gasteiger partial charge is 0.373 e. The molecule has 0 aliphatic carbocycles. The lowest BCUT2D eigenvalue weighted by Gasteiger charge is -2.06. The average Bonchev–Trinajstić information content (AvgIpc) is 2.26. The van der Waals surface area contributed by atoms with E-state index in [9.17, 15) is 26.7 Å². The first-order valence-corrected chi connectivity index (χ1v) is 4.92. The third-order valence-corrected chi connectivity index (χ3v) is 2.00. The largest absolute Gasteiger partial charge is 0.391 e. The van der Waals surface area contributed by atoms with E-state index in [0.717, 1.165) is 12.1 Å². The van der Waals surface area contributed by atoms with E-state index in [4.69, 9.17) is 0 Å². The van der Waals surface area contributed by atoms with Gasteiger partial charge in [0, 0.05) is 5.56 Å². The summed E-state index contributed by atoms with van der Waals surface area (Å²) in [7, 11) is 0. The van der Waals surface area contributed by atoms with Crippen LogP contribution in [0.15, 0.2) is 18.2 Å². The fourth-order valence-corrected chi connectivity index (χ4v) is 1.11. The van der Waals surface area contributed by atoms with Crippen LogP contribution in [0.2, 0.25) is 0 Å². The van der Waals surface area contributed by atoms with Crippen molar-refractivity contribution in [1.82, 2.24) is 0 Å². The number of Topliss-reactive ketones (excluding diaryl/α,β-unsaturated/α-hetero) is 1. The quantitative estimate of drug-likeness (QED) is 0.466. The second-order valence-electron chi connectivity index (χ2n) is 3.47. The summed E-state index contributed by atoms with van der Waals surface area (Å²) in [6.45, 7) is -1.26. The van der Waals surface area contributed by atoms with Gasteiger partial charge in [0.1, 0.15) is 6.61 Å². The highest BCUT2D eigenvalue weighted by molar-refractivity contribution is 5.97. The fraction of sp³-hybridized carbons (Fsp3) is 0.364. The Morgan fingerprint density at radius 1 is 1.17 bits per heavy atom. The molecule has 0 aliphatic rings. The molecular formula is C11H9F5O2. The molecule has 1 rings (SSSR count). The Labute approximate surface area is 99.4 Å². The molecule has 0 bridgehead atoms. The van der Waals surface area contributed by atoms with Gasteiger partial charge in [0.15, 0.2) is 17.4 Å². The van der Waals surface area contributed by atoms with Gasteiger partial charge in [-0.3, -0.25) is 4.79 Å². The molecule has 0 heterocycles. The van der Waals surface area contributed by atoms with Gasteiger partial charge in [-0.25, -0.2) is 8.78 Å². The van der Waals surface area contributed by atoms with Crippen LogP contribution in [0, 0.1) is 11.6 Å². The third kappa shape index (κ3) is 4.79. The summed E-state index contributed by atoms with van der Waals surface area (Å²) in [5, 5.41) is 0. The summed E-state index contributed by atoms with van der Waals surface area (Å²) in [4.78, 5) is 11.3. The molecule has 0 fully saturated rings. The van der Waals surface area contributed by atoms with Crippen LogP contribution >= 0.6 is 0 Å². The first-order chi connectivity index (χ1) is 8.29. The van der Waals surface area contributed by atoms with Gasteiger partial charge < -0.3 is 4.74 Å². The highest BCUT2D eigenvalue weighted by Crippen LogP contribution is 2.19. The van der Waals surface area contributed by atoms with Gasteiger partial charge in [-0.15, -0.1) is 0 Å². The number of benzene rings is 1. The van der Waals surface area contributed by atoms with Crippen LogP contribution in [0.25, 0.3) is 0 Å². The van der Waals surface area contributed by atoms with E-state index in [1.165, 1.54) is 0 Å². The van der Waals surface area contributed by atoms with Crippen LogP contribution in [0.5, 0.6) is 0 Å². The van der Waals surface area contributed by atoms with Crippen molar-refractivity contribution in [3.05, 3.63) is 35.4 Å². The number of carbonyl (C=O) groups excluding carboxylic acids is 1. The van der Waals surface area contributed by atoms with Crippen LogP contribution in [0.3, 0.4) is 0 Å². The highest BCUT2D eigenvalue weighted by Gasteiger charge is 2.26. The minimum Gasteiger partial charge on any atom is -0.373 e. The topological polar surface area (TPSA) is 26.3 Å². The molecule has 1 aromatic carbocycles.